The topological polar surface area (TPSA) is 24.5 Å². The lowest BCUT2D eigenvalue weighted by Gasteiger charge is -2.36. The number of rotatable bonds is 3. The van der Waals surface area contributed by atoms with Crippen LogP contribution < -0.4 is 5.32 Å². The van der Waals surface area contributed by atoms with Gasteiger partial charge in [0.2, 0.25) is 0 Å². The Morgan fingerprint density at radius 3 is 2.70 bits per heavy atom. The maximum atomic E-state index is 5.95. The van der Waals surface area contributed by atoms with E-state index in [0.29, 0.717) is 0 Å². The van der Waals surface area contributed by atoms with E-state index in [4.69, 9.17) is 16.3 Å². The van der Waals surface area contributed by atoms with Gasteiger partial charge in [-0.05, 0) is 49.5 Å². The normalized spacial score (nSPS) is 25.8. The van der Waals surface area contributed by atoms with Crippen LogP contribution in [0.4, 0.5) is 0 Å². The van der Waals surface area contributed by atoms with Gasteiger partial charge in [-0.25, -0.2) is 0 Å². The van der Waals surface area contributed by atoms with Crippen molar-refractivity contribution < 1.29 is 4.74 Å². The molecule has 3 rings (SSSR count). The molecule has 1 unspecified atom stereocenters. The van der Waals surface area contributed by atoms with Gasteiger partial charge in [-0.1, -0.05) is 23.7 Å². The van der Waals surface area contributed by atoms with Crippen molar-refractivity contribution in [3.63, 3.8) is 0 Å². The molecule has 0 spiro atoms. The molecular weight excluding hydrogens is 272 g/mol. The molecule has 1 N–H and O–H groups in total. The van der Waals surface area contributed by atoms with Crippen LogP contribution in [0.3, 0.4) is 0 Å². The monoisotopic (exact) mass is 294 g/mol. The fourth-order valence-electron chi connectivity index (χ4n) is 3.18. The Bertz CT molecular complexity index is 417. The number of hydrogen-bond acceptors (Lipinski definition) is 3. The zero-order valence-electron chi connectivity index (χ0n) is 11.9. The minimum absolute atomic E-state index is 0.197. The first-order valence-electron chi connectivity index (χ1n) is 7.61. The Hall–Kier alpha value is -0.610. The SMILES string of the molecule is Clc1ccc(C2CN(CC3CCNCC3)CCO2)cc1. The van der Waals surface area contributed by atoms with Gasteiger partial charge < -0.3 is 10.1 Å². The molecule has 2 fully saturated rings. The number of nitrogens with one attached hydrogen (secondary N) is 1. The highest BCUT2D eigenvalue weighted by atomic mass is 35.5. The first-order chi connectivity index (χ1) is 9.81. The fourth-order valence-corrected chi connectivity index (χ4v) is 3.30. The number of hydrogen-bond donors (Lipinski definition) is 1. The molecule has 1 aromatic carbocycles. The molecule has 3 nitrogen and oxygen atoms in total. The van der Waals surface area contributed by atoms with Crippen LogP contribution in [-0.4, -0.2) is 44.2 Å². The summed E-state index contributed by atoms with van der Waals surface area (Å²) in [7, 11) is 0. The van der Waals surface area contributed by atoms with E-state index in [1.54, 1.807) is 0 Å². The van der Waals surface area contributed by atoms with E-state index in [0.717, 1.165) is 30.6 Å². The largest absolute Gasteiger partial charge is 0.371 e. The first kappa shape index (κ1) is 14.3. The molecule has 1 atom stereocenters. The second-order valence-corrected chi connectivity index (χ2v) is 6.30. The molecule has 2 aliphatic rings. The molecule has 0 aliphatic carbocycles. The summed E-state index contributed by atoms with van der Waals surface area (Å²) in [6.45, 7) is 6.47. The van der Waals surface area contributed by atoms with Gasteiger partial charge in [0.1, 0.15) is 0 Å². The van der Waals surface area contributed by atoms with E-state index in [1.807, 2.05) is 12.1 Å². The van der Waals surface area contributed by atoms with E-state index in [1.165, 1.54) is 38.0 Å². The van der Waals surface area contributed by atoms with Gasteiger partial charge >= 0.3 is 0 Å². The number of nitrogens with zero attached hydrogens (tertiary/aromatic N) is 1. The molecule has 4 heteroatoms. The quantitative estimate of drug-likeness (QED) is 0.928. The number of piperidine rings is 1. The lowest BCUT2D eigenvalue weighted by Crippen LogP contribution is -2.43. The highest BCUT2D eigenvalue weighted by Crippen LogP contribution is 2.25. The van der Waals surface area contributed by atoms with E-state index in [2.05, 4.69) is 22.3 Å². The minimum Gasteiger partial charge on any atom is -0.371 e. The molecule has 0 saturated carbocycles. The summed E-state index contributed by atoms with van der Waals surface area (Å²) in [6.07, 6.45) is 2.81. The highest BCUT2D eigenvalue weighted by molar-refractivity contribution is 6.30. The van der Waals surface area contributed by atoms with Gasteiger partial charge in [0.15, 0.2) is 0 Å². The average molecular weight is 295 g/mol. The van der Waals surface area contributed by atoms with Crippen LogP contribution in [0.2, 0.25) is 5.02 Å². The van der Waals surface area contributed by atoms with Crippen LogP contribution in [0.15, 0.2) is 24.3 Å². The van der Waals surface area contributed by atoms with E-state index in [9.17, 15) is 0 Å². The molecule has 0 radical (unpaired) electrons. The molecule has 2 heterocycles. The average Bonchev–Trinajstić information content (AvgIpc) is 2.49. The third-order valence-electron chi connectivity index (χ3n) is 4.37. The van der Waals surface area contributed by atoms with E-state index in [-0.39, 0.29) is 6.10 Å². The lowest BCUT2D eigenvalue weighted by atomic mass is 9.97. The first-order valence-corrected chi connectivity index (χ1v) is 7.99. The Kier molecular flexibility index (Phi) is 4.94. The molecule has 0 bridgehead atoms. The molecule has 0 amide bonds. The van der Waals surface area contributed by atoms with Crippen LogP contribution >= 0.6 is 11.6 Å². The number of ether oxygens (including phenoxy) is 1. The Labute approximate surface area is 126 Å². The number of halogens is 1. The Balaban J connectivity index is 1.57. The van der Waals surface area contributed by atoms with E-state index >= 15 is 0 Å². The number of morpholine rings is 1. The van der Waals surface area contributed by atoms with Crippen LogP contribution in [0.1, 0.15) is 24.5 Å². The van der Waals surface area contributed by atoms with Crippen LogP contribution in [0.25, 0.3) is 0 Å². The van der Waals surface area contributed by atoms with Crippen molar-refractivity contribution in [3.05, 3.63) is 34.9 Å². The maximum Gasteiger partial charge on any atom is 0.0952 e. The second-order valence-electron chi connectivity index (χ2n) is 5.86. The van der Waals surface area contributed by atoms with Crippen molar-refractivity contribution in [3.8, 4) is 0 Å². The maximum absolute atomic E-state index is 5.95. The fraction of sp³-hybridized carbons (Fsp3) is 0.625. The summed E-state index contributed by atoms with van der Waals surface area (Å²) in [5.74, 6) is 0.847. The summed E-state index contributed by atoms with van der Waals surface area (Å²) in [6, 6.07) is 8.07. The zero-order chi connectivity index (χ0) is 13.8. The molecule has 0 aromatic heterocycles. The molecule has 1 aromatic rings. The summed E-state index contributed by atoms with van der Waals surface area (Å²) in [5.41, 5.74) is 1.24. The van der Waals surface area contributed by atoms with Crippen molar-refractivity contribution in [2.24, 2.45) is 5.92 Å². The van der Waals surface area contributed by atoms with Gasteiger partial charge in [0.25, 0.3) is 0 Å². The van der Waals surface area contributed by atoms with Crippen molar-refractivity contribution >= 4 is 11.6 Å². The van der Waals surface area contributed by atoms with Crippen LogP contribution in [0.5, 0.6) is 0 Å². The summed E-state index contributed by atoms with van der Waals surface area (Å²) in [4.78, 5) is 2.57. The van der Waals surface area contributed by atoms with Crippen molar-refractivity contribution in [1.82, 2.24) is 10.2 Å². The smallest absolute Gasteiger partial charge is 0.0952 e. The van der Waals surface area contributed by atoms with Gasteiger partial charge in [-0.2, -0.15) is 0 Å². The van der Waals surface area contributed by atoms with Crippen molar-refractivity contribution in [1.29, 1.82) is 0 Å². The third kappa shape index (κ3) is 3.73. The second kappa shape index (κ2) is 6.90. The predicted octanol–water partition coefficient (Wildman–Crippen LogP) is 2.71. The van der Waals surface area contributed by atoms with E-state index < -0.39 is 0 Å². The summed E-state index contributed by atoms with van der Waals surface area (Å²) >= 11 is 5.95. The standard InChI is InChI=1S/C16H23ClN2O/c17-15-3-1-14(2-4-15)16-12-19(9-10-20-16)11-13-5-7-18-8-6-13/h1-4,13,16,18H,5-12H2. The number of benzene rings is 1. The van der Waals surface area contributed by atoms with Crippen molar-refractivity contribution in [2.75, 3.05) is 39.3 Å². The highest BCUT2D eigenvalue weighted by Gasteiger charge is 2.24. The van der Waals surface area contributed by atoms with Gasteiger partial charge in [-0.15, -0.1) is 0 Å². The molecule has 2 aliphatic heterocycles. The third-order valence-corrected chi connectivity index (χ3v) is 4.62. The predicted molar refractivity (Wildman–Crippen MR) is 82.2 cm³/mol. The van der Waals surface area contributed by atoms with Crippen molar-refractivity contribution in [2.45, 2.75) is 18.9 Å². The molecule has 20 heavy (non-hydrogen) atoms. The van der Waals surface area contributed by atoms with Crippen LogP contribution in [0, 0.1) is 5.92 Å². The summed E-state index contributed by atoms with van der Waals surface area (Å²) < 4.78 is 5.93. The summed E-state index contributed by atoms with van der Waals surface area (Å²) in [5, 5.41) is 4.22. The van der Waals surface area contributed by atoms with Gasteiger partial charge in [-0.3, -0.25) is 4.90 Å². The zero-order valence-corrected chi connectivity index (χ0v) is 12.6. The molecular formula is C16H23ClN2O. The van der Waals surface area contributed by atoms with Crippen LogP contribution in [-0.2, 0) is 4.74 Å². The molecule has 110 valence electrons. The van der Waals surface area contributed by atoms with Gasteiger partial charge in [0.05, 0.1) is 12.7 Å². The van der Waals surface area contributed by atoms with Gasteiger partial charge in [0, 0.05) is 24.7 Å². The molecule has 2 saturated heterocycles. The Morgan fingerprint density at radius 2 is 1.95 bits per heavy atom. The Morgan fingerprint density at radius 1 is 1.20 bits per heavy atom. The lowest BCUT2D eigenvalue weighted by molar-refractivity contribution is -0.0356. The minimum atomic E-state index is 0.197.